The summed E-state index contributed by atoms with van der Waals surface area (Å²) in [7, 11) is 0. The second-order valence-electron chi connectivity index (χ2n) is 4.83. The molecule has 2 N–H and O–H groups in total. The van der Waals surface area contributed by atoms with E-state index in [1.54, 1.807) is 11.3 Å². The van der Waals surface area contributed by atoms with Gasteiger partial charge < -0.3 is 10.6 Å². The van der Waals surface area contributed by atoms with Crippen molar-refractivity contribution in [1.29, 1.82) is 0 Å². The quantitative estimate of drug-likeness (QED) is 0.922. The number of hydrogen-bond acceptors (Lipinski definition) is 3. The molecule has 0 spiro atoms. The van der Waals surface area contributed by atoms with Gasteiger partial charge in [-0.1, -0.05) is 0 Å². The maximum atomic E-state index is 12.4. The molecule has 5 heteroatoms. The van der Waals surface area contributed by atoms with Gasteiger partial charge in [-0.25, -0.2) is 0 Å². The summed E-state index contributed by atoms with van der Waals surface area (Å²) in [6.07, 6.45) is 2.78. The summed E-state index contributed by atoms with van der Waals surface area (Å²) < 4.78 is 1.11. The number of halogens is 1. The average Bonchev–Trinajstić information content (AvgIpc) is 2.94. The molecule has 0 saturated heterocycles. The number of nitrogens with two attached hydrogens (primary N) is 1. The van der Waals surface area contributed by atoms with Crippen molar-refractivity contribution in [3.8, 4) is 0 Å². The van der Waals surface area contributed by atoms with Crippen LogP contribution in [-0.2, 0) is 11.3 Å². The van der Waals surface area contributed by atoms with Crippen LogP contribution in [0, 0.1) is 5.92 Å². The van der Waals surface area contributed by atoms with Crippen LogP contribution in [0.15, 0.2) is 15.9 Å². The Labute approximate surface area is 120 Å². The van der Waals surface area contributed by atoms with Gasteiger partial charge in [0.2, 0.25) is 5.91 Å². The number of carbonyl (C=O) groups excluding carboxylic acids is 1. The van der Waals surface area contributed by atoms with Crippen LogP contribution in [0.5, 0.6) is 0 Å². The molecule has 18 heavy (non-hydrogen) atoms. The van der Waals surface area contributed by atoms with Crippen molar-refractivity contribution in [1.82, 2.24) is 4.90 Å². The molecule has 1 fully saturated rings. The van der Waals surface area contributed by atoms with Gasteiger partial charge in [-0.2, -0.15) is 0 Å². The minimum absolute atomic E-state index is 0.142. The molecule has 1 amide bonds. The third-order valence-electron chi connectivity index (χ3n) is 3.49. The molecule has 1 aliphatic carbocycles. The zero-order valence-corrected chi connectivity index (χ0v) is 13.0. The topological polar surface area (TPSA) is 46.3 Å². The molecular formula is C13H19BrN2OS. The third-order valence-corrected chi connectivity index (χ3v) is 5.10. The summed E-state index contributed by atoms with van der Waals surface area (Å²) in [4.78, 5) is 15.6. The Morgan fingerprint density at radius 3 is 2.83 bits per heavy atom. The van der Waals surface area contributed by atoms with Gasteiger partial charge in [-0.05, 0) is 54.2 Å². The fourth-order valence-electron chi connectivity index (χ4n) is 2.47. The van der Waals surface area contributed by atoms with E-state index in [1.165, 1.54) is 4.88 Å². The summed E-state index contributed by atoms with van der Waals surface area (Å²) in [6, 6.07) is 4.32. The van der Waals surface area contributed by atoms with E-state index >= 15 is 0 Å². The second kappa shape index (κ2) is 6.17. The summed E-state index contributed by atoms with van der Waals surface area (Å²) >= 11 is 5.14. The highest BCUT2D eigenvalue weighted by Gasteiger charge is 2.30. The number of hydrogen-bond donors (Lipinski definition) is 1. The van der Waals surface area contributed by atoms with E-state index in [0.29, 0.717) is 0 Å². The van der Waals surface area contributed by atoms with Crippen molar-refractivity contribution < 1.29 is 4.79 Å². The Balaban J connectivity index is 1.97. The smallest absolute Gasteiger partial charge is 0.226 e. The van der Waals surface area contributed by atoms with E-state index < -0.39 is 0 Å². The molecular weight excluding hydrogens is 312 g/mol. The highest BCUT2D eigenvalue weighted by atomic mass is 79.9. The van der Waals surface area contributed by atoms with Crippen molar-refractivity contribution in [2.75, 3.05) is 6.54 Å². The predicted octanol–water partition coefficient (Wildman–Crippen LogP) is 2.99. The molecule has 1 aliphatic rings. The summed E-state index contributed by atoms with van der Waals surface area (Å²) in [5, 5.41) is 0. The van der Waals surface area contributed by atoms with Gasteiger partial charge in [0.25, 0.3) is 0 Å². The molecule has 3 nitrogen and oxygen atoms in total. The Morgan fingerprint density at radius 1 is 1.56 bits per heavy atom. The van der Waals surface area contributed by atoms with Crippen LogP contribution in [0.4, 0.5) is 0 Å². The first kappa shape index (κ1) is 14.0. The number of nitrogens with zero attached hydrogens (tertiary/aromatic N) is 1. The Morgan fingerprint density at radius 2 is 2.33 bits per heavy atom. The van der Waals surface area contributed by atoms with Crippen LogP contribution in [0.2, 0.25) is 0 Å². The first-order chi connectivity index (χ1) is 8.60. The molecule has 0 aromatic carbocycles. The lowest BCUT2D eigenvalue weighted by Crippen LogP contribution is -2.35. The number of rotatable bonds is 4. The van der Waals surface area contributed by atoms with Gasteiger partial charge in [-0.3, -0.25) is 4.79 Å². The molecule has 1 aromatic heterocycles. The van der Waals surface area contributed by atoms with Gasteiger partial charge >= 0.3 is 0 Å². The average molecular weight is 331 g/mol. The van der Waals surface area contributed by atoms with Crippen molar-refractivity contribution >= 4 is 33.2 Å². The highest BCUT2D eigenvalue weighted by molar-refractivity contribution is 9.11. The maximum Gasteiger partial charge on any atom is 0.226 e. The molecule has 1 aromatic rings. The molecule has 0 aliphatic heterocycles. The molecule has 2 unspecified atom stereocenters. The van der Waals surface area contributed by atoms with Gasteiger partial charge in [0.15, 0.2) is 0 Å². The van der Waals surface area contributed by atoms with E-state index in [4.69, 9.17) is 5.73 Å². The fourth-order valence-corrected chi connectivity index (χ4v) is 3.97. The Hall–Kier alpha value is -0.390. The van der Waals surface area contributed by atoms with Gasteiger partial charge in [0.05, 0.1) is 10.3 Å². The van der Waals surface area contributed by atoms with E-state index in [-0.39, 0.29) is 17.9 Å². The van der Waals surface area contributed by atoms with Crippen molar-refractivity contribution in [3.05, 3.63) is 20.8 Å². The highest BCUT2D eigenvalue weighted by Crippen LogP contribution is 2.28. The van der Waals surface area contributed by atoms with E-state index in [2.05, 4.69) is 22.0 Å². The van der Waals surface area contributed by atoms with Crippen LogP contribution in [0.3, 0.4) is 0 Å². The lowest BCUT2D eigenvalue weighted by molar-refractivity contribution is -0.135. The maximum absolute atomic E-state index is 12.4. The number of amides is 1. The van der Waals surface area contributed by atoms with Crippen molar-refractivity contribution in [2.45, 2.75) is 38.8 Å². The molecule has 2 rings (SSSR count). The minimum Gasteiger partial charge on any atom is -0.338 e. The van der Waals surface area contributed by atoms with Crippen LogP contribution in [-0.4, -0.2) is 23.4 Å². The van der Waals surface area contributed by atoms with Crippen LogP contribution in [0.25, 0.3) is 0 Å². The zero-order chi connectivity index (χ0) is 13.1. The molecule has 0 radical (unpaired) electrons. The fraction of sp³-hybridized carbons (Fsp3) is 0.615. The molecule has 1 heterocycles. The predicted molar refractivity (Wildman–Crippen MR) is 78.4 cm³/mol. The summed E-state index contributed by atoms with van der Waals surface area (Å²) in [6.45, 7) is 3.52. The summed E-state index contributed by atoms with van der Waals surface area (Å²) in [5.41, 5.74) is 5.89. The van der Waals surface area contributed by atoms with Gasteiger partial charge in [0, 0.05) is 23.4 Å². The van der Waals surface area contributed by atoms with Crippen molar-refractivity contribution in [3.63, 3.8) is 0 Å². The molecule has 100 valence electrons. The van der Waals surface area contributed by atoms with Gasteiger partial charge in [0.1, 0.15) is 0 Å². The first-order valence-corrected chi connectivity index (χ1v) is 7.99. The minimum atomic E-state index is 0.142. The van der Waals surface area contributed by atoms with E-state index in [0.717, 1.165) is 36.1 Å². The standard InChI is InChI=1S/C13H19BrN2OS/c1-2-16(8-11-5-6-12(14)18-11)13(17)9-3-4-10(15)7-9/h5-6,9-10H,2-4,7-8,15H2,1H3. The van der Waals surface area contributed by atoms with E-state index in [9.17, 15) is 4.79 Å². The largest absolute Gasteiger partial charge is 0.338 e. The number of carbonyl (C=O) groups is 1. The van der Waals surface area contributed by atoms with Crippen LogP contribution >= 0.6 is 27.3 Å². The van der Waals surface area contributed by atoms with Crippen LogP contribution in [0.1, 0.15) is 31.1 Å². The lowest BCUT2D eigenvalue weighted by Gasteiger charge is -2.23. The summed E-state index contributed by atoms with van der Waals surface area (Å²) in [5.74, 6) is 0.415. The SMILES string of the molecule is CCN(Cc1ccc(Br)s1)C(=O)C1CCC(N)C1. The molecule has 0 bridgehead atoms. The van der Waals surface area contributed by atoms with E-state index in [1.807, 2.05) is 17.9 Å². The Bertz CT molecular complexity index is 421. The van der Waals surface area contributed by atoms with Gasteiger partial charge in [-0.15, -0.1) is 11.3 Å². The normalized spacial score (nSPS) is 23.3. The first-order valence-electron chi connectivity index (χ1n) is 6.38. The zero-order valence-electron chi connectivity index (χ0n) is 10.6. The lowest BCUT2D eigenvalue weighted by atomic mass is 10.1. The number of thiophene rings is 1. The van der Waals surface area contributed by atoms with Crippen molar-refractivity contribution in [2.24, 2.45) is 11.7 Å². The van der Waals surface area contributed by atoms with Crippen LogP contribution < -0.4 is 5.73 Å². The second-order valence-corrected chi connectivity index (χ2v) is 7.38. The molecule has 1 saturated carbocycles. The monoisotopic (exact) mass is 330 g/mol. The Kier molecular flexibility index (Phi) is 4.81. The molecule has 2 atom stereocenters. The third kappa shape index (κ3) is 3.33.